The van der Waals surface area contributed by atoms with Crippen molar-refractivity contribution in [3.8, 4) is 0 Å². The summed E-state index contributed by atoms with van der Waals surface area (Å²) in [6, 6.07) is 3.40. The molecule has 1 saturated heterocycles. The Morgan fingerprint density at radius 3 is 2.94 bits per heavy atom. The number of hydrogen-bond donors (Lipinski definition) is 0. The Kier molecular flexibility index (Phi) is 4.00. The van der Waals surface area contributed by atoms with E-state index in [1.54, 1.807) is 0 Å². The number of benzene rings is 1. The van der Waals surface area contributed by atoms with Crippen molar-refractivity contribution in [3.05, 3.63) is 35.4 Å². The summed E-state index contributed by atoms with van der Waals surface area (Å²) in [6.45, 7) is 2.65. The van der Waals surface area contributed by atoms with Crippen LogP contribution in [0.3, 0.4) is 0 Å². The second-order valence-corrected chi connectivity index (χ2v) is 4.81. The van der Waals surface area contributed by atoms with Gasteiger partial charge in [-0.25, -0.2) is 8.78 Å². The van der Waals surface area contributed by atoms with Crippen molar-refractivity contribution in [2.24, 2.45) is 5.92 Å². The van der Waals surface area contributed by atoms with E-state index < -0.39 is 17.0 Å². The lowest BCUT2D eigenvalue weighted by molar-refractivity contribution is 0.0862. The minimum Gasteiger partial charge on any atom is -0.378 e. The molecule has 1 aliphatic heterocycles. The van der Waals surface area contributed by atoms with Crippen molar-refractivity contribution >= 4 is 11.6 Å². The Labute approximate surface area is 105 Å². The Balaban J connectivity index is 2.24. The van der Waals surface area contributed by atoms with Crippen LogP contribution < -0.4 is 0 Å². The highest BCUT2D eigenvalue weighted by atomic mass is 35.5. The first-order chi connectivity index (χ1) is 8.13. The van der Waals surface area contributed by atoms with Crippen molar-refractivity contribution < 1.29 is 13.5 Å². The highest BCUT2D eigenvalue weighted by molar-refractivity contribution is 6.21. The third-order valence-corrected chi connectivity index (χ3v) is 3.85. The number of alkyl halides is 1. The van der Waals surface area contributed by atoms with Crippen molar-refractivity contribution in [1.82, 2.24) is 0 Å². The summed E-state index contributed by atoms with van der Waals surface area (Å²) >= 11 is 6.28. The Bertz CT molecular complexity index is 397. The van der Waals surface area contributed by atoms with Crippen LogP contribution in [0.4, 0.5) is 8.78 Å². The second kappa shape index (κ2) is 5.32. The first-order valence-electron chi connectivity index (χ1n) is 5.84. The number of hydrogen-bond acceptors (Lipinski definition) is 1. The third kappa shape index (κ3) is 2.61. The lowest BCUT2D eigenvalue weighted by atomic mass is 9.91. The standard InChI is InChI=1S/C13H15ClF2O/c1-2-12-9(5-6-17-12)13(14)10-7-8(15)3-4-11(10)16/h3-4,7,9,12-13H,2,5-6H2,1H3. The minimum absolute atomic E-state index is 0.0418. The molecule has 1 aliphatic rings. The van der Waals surface area contributed by atoms with Crippen LogP contribution >= 0.6 is 11.6 Å². The van der Waals surface area contributed by atoms with Gasteiger partial charge in [0.15, 0.2) is 0 Å². The molecule has 0 spiro atoms. The normalized spacial score (nSPS) is 26.1. The highest BCUT2D eigenvalue weighted by Gasteiger charge is 2.34. The molecule has 0 amide bonds. The summed E-state index contributed by atoms with van der Waals surface area (Å²) in [6.07, 6.45) is 1.67. The number of halogens is 3. The summed E-state index contributed by atoms with van der Waals surface area (Å²) in [5, 5.41) is -0.529. The fourth-order valence-corrected chi connectivity index (χ4v) is 2.83. The molecule has 3 atom stereocenters. The van der Waals surface area contributed by atoms with Crippen molar-refractivity contribution in [3.63, 3.8) is 0 Å². The maximum absolute atomic E-state index is 13.6. The van der Waals surface area contributed by atoms with Crippen molar-refractivity contribution in [2.45, 2.75) is 31.2 Å². The number of rotatable bonds is 3. The predicted molar refractivity (Wildman–Crippen MR) is 63.1 cm³/mol. The predicted octanol–water partition coefficient (Wildman–Crippen LogP) is 4.06. The summed E-state index contributed by atoms with van der Waals surface area (Å²) in [4.78, 5) is 0. The van der Waals surface area contributed by atoms with Gasteiger partial charge in [0.05, 0.1) is 11.5 Å². The zero-order valence-corrected chi connectivity index (χ0v) is 10.4. The zero-order chi connectivity index (χ0) is 12.4. The fourth-order valence-electron chi connectivity index (χ4n) is 2.38. The minimum atomic E-state index is -0.529. The first-order valence-corrected chi connectivity index (χ1v) is 6.27. The fraction of sp³-hybridized carbons (Fsp3) is 0.538. The van der Waals surface area contributed by atoms with Gasteiger partial charge in [-0.05, 0) is 31.0 Å². The van der Waals surface area contributed by atoms with Crippen molar-refractivity contribution in [2.75, 3.05) is 6.61 Å². The Morgan fingerprint density at radius 1 is 1.47 bits per heavy atom. The zero-order valence-electron chi connectivity index (χ0n) is 9.63. The SMILES string of the molecule is CCC1OCCC1C(Cl)c1cc(F)ccc1F. The topological polar surface area (TPSA) is 9.23 Å². The van der Waals surface area contributed by atoms with Gasteiger partial charge in [0.2, 0.25) is 0 Å². The molecular formula is C13H15ClF2O. The molecule has 0 aliphatic carbocycles. The molecule has 0 aromatic heterocycles. The molecule has 1 fully saturated rings. The summed E-state index contributed by atoms with van der Waals surface area (Å²) < 4.78 is 32.3. The molecule has 0 bridgehead atoms. The van der Waals surface area contributed by atoms with Gasteiger partial charge in [-0.15, -0.1) is 11.6 Å². The van der Waals surface area contributed by atoms with Gasteiger partial charge >= 0.3 is 0 Å². The van der Waals surface area contributed by atoms with Gasteiger partial charge in [-0.2, -0.15) is 0 Å². The maximum Gasteiger partial charge on any atom is 0.128 e. The van der Waals surface area contributed by atoms with Crippen LogP contribution in [0.1, 0.15) is 30.7 Å². The molecule has 1 nitrogen and oxygen atoms in total. The third-order valence-electron chi connectivity index (χ3n) is 3.29. The lowest BCUT2D eigenvalue weighted by Crippen LogP contribution is -2.20. The van der Waals surface area contributed by atoms with E-state index in [0.717, 1.165) is 25.0 Å². The number of ether oxygens (including phenoxy) is 1. The van der Waals surface area contributed by atoms with Gasteiger partial charge in [0.25, 0.3) is 0 Å². The van der Waals surface area contributed by atoms with Crippen LogP contribution in [0.25, 0.3) is 0 Å². The van der Waals surface area contributed by atoms with E-state index >= 15 is 0 Å². The average molecular weight is 261 g/mol. The molecule has 1 aromatic rings. The van der Waals surface area contributed by atoms with Crippen LogP contribution in [0.2, 0.25) is 0 Å². The molecule has 1 heterocycles. The van der Waals surface area contributed by atoms with Crippen LogP contribution in [-0.4, -0.2) is 12.7 Å². The Morgan fingerprint density at radius 2 is 2.24 bits per heavy atom. The van der Waals surface area contributed by atoms with Crippen LogP contribution in [0.5, 0.6) is 0 Å². The van der Waals surface area contributed by atoms with E-state index in [0.29, 0.717) is 6.61 Å². The molecule has 0 radical (unpaired) electrons. The average Bonchev–Trinajstić information content (AvgIpc) is 2.79. The van der Waals surface area contributed by atoms with E-state index in [1.165, 1.54) is 6.07 Å². The lowest BCUT2D eigenvalue weighted by Gasteiger charge is -2.22. The summed E-state index contributed by atoms with van der Waals surface area (Å²) in [7, 11) is 0. The highest BCUT2D eigenvalue weighted by Crippen LogP contribution is 2.40. The van der Waals surface area contributed by atoms with Gasteiger partial charge in [-0.1, -0.05) is 6.92 Å². The van der Waals surface area contributed by atoms with Crippen LogP contribution in [0, 0.1) is 17.6 Å². The summed E-state index contributed by atoms with van der Waals surface area (Å²) in [5.74, 6) is -0.856. The van der Waals surface area contributed by atoms with Gasteiger partial charge in [0.1, 0.15) is 11.6 Å². The summed E-state index contributed by atoms with van der Waals surface area (Å²) in [5.41, 5.74) is 0.237. The van der Waals surface area contributed by atoms with Gasteiger partial charge in [0, 0.05) is 18.1 Å². The Hall–Kier alpha value is -0.670. The monoisotopic (exact) mass is 260 g/mol. The van der Waals surface area contributed by atoms with E-state index in [4.69, 9.17) is 16.3 Å². The van der Waals surface area contributed by atoms with E-state index in [-0.39, 0.29) is 17.6 Å². The van der Waals surface area contributed by atoms with Gasteiger partial charge in [-0.3, -0.25) is 0 Å². The van der Waals surface area contributed by atoms with Crippen molar-refractivity contribution in [1.29, 1.82) is 0 Å². The van der Waals surface area contributed by atoms with Crippen LogP contribution in [0.15, 0.2) is 18.2 Å². The molecule has 17 heavy (non-hydrogen) atoms. The molecule has 2 rings (SSSR count). The molecule has 4 heteroatoms. The molecule has 3 unspecified atom stereocenters. The largest absolute Gasteiger partial charge is 0.378 e. The van der Waals surface area contributed by atoms with E-state index in [2.05, 4.69) is 0 Å². The molecule has 0 saturated carbocycles. The quantitative estimate of drug-likeness (QED) is 0.745. The molecular weight excluding hydrogens is 246 g/mol. The maximum atomic E-state index is 13.6. The second-order valence-electron chi connectivity index (χ2n) is 4.34. The van der Waals surface area contributed by atoms with Gasteiger partial charge < -0.3 is 4.74 Å². The molecule has 94 valence electrons. The van der Waals surface area contributed by atoms with E-state index in [9.17, 15) is 8.78 Å². The molecule has 1 aromatic carbocycles. The molecule has 0 N–H and O–H groups in total. The van der Waals surface area contributed by atoms with Crippen LogP contribution in [-0.2, 0) is 4.74 Å². The van der Waals surface area contributed by atoms with E-state index in [1.807, 2.05) is 6.92 Å². The smallest absolute Gasteiger partial charge is 0.128 e. The first kappa shape index (κ1) is 12.8.